The summed E-state index contributed by atoms with van der Waals surface area (Å²) in [4.78, 5) is 23.9. The molecule has 0 N–H and O–H groups in total. The topological polar surface area (TPSA) is 52.6 Å². The van der Waals surface area contributed by atoms with E-state index in [4.69, 9.17) is 9.47 Å². The molecule has 4 nitrogen and oxygen atoms in total. The molecular weight excluding hydrogens is 280 g/mol. The van der Waals surface area contributed by atoms with Gasteiger partial charge in [-0.1, -0.05) is 51.2 Å². The highest BCUT2D eigenvalue weighted by Gasteiger charge is 2.18. The molecule has 0 aliphatic heterocycles. The molecule has 4 heteroatoms. The van der Waals surface area contributed by atoms with E-state index in [1.54, 1.807) is 31.2 Å². The van der Waals surface area contributed by atoms with Gasteiger partial charge in [0.05, 0.1) is 24.3 Å². The van der Waals surface area contributed by atoms with Gasteiger partial charge in [-0.25, -0.2) is 9.59 Å². The average Bonchev–Trinajstić information content (AvgIpc) is 2.54. The molecule has 0 bridgehead atoms. The van der Waals surface area contributed by atoms with Crippen molar-refractivity contribution in [3.05, 3.63) is 35.4 Å². The molecule has 0 heterocycles. The lowest BCUT2D eigenvalue weighted by Crippen LogP contribution is -2.14. The Bertz CT molecular complexity index is 468. The summed E-state index contributed by atoms with van der Waals surface area (Å²) in [5.74, 6) is -0.952. The maximum atomic E-state index is 12.1. The second-order valence-corrected chi connectivity index (χ2v) is 5.17. The van der Waals surface area contributed by atoms with Crippen LogP contribution in [0.15, 0.2) is 24.3 Å². The van der Waals surface area contributed by atoms with Crippen LogP contribution < -0.4 is 0 Å². The maximum absolute atomic E-state index is 12.1. The third-order valence-electron chi connectivity index (χ3n) is 3.37. The van der Waals surface area contributed by atoms with Crippen molar-refractivity contribution in [2.24, 2.45) is 0 Å². The molecule has 0 fully saturated rings. The zero-order valence-corrected chi connectivity index (χ0v) is 13.6. The number of ether oxygens (including phenoxy) is 2. The molecule has 0 saturated carbocycles. The number of hydrogen-bond acceptors (Lipinski definition) is 4. The quantitative estimate of drug-likeness (QED) is 0.475. The fourth-order valence-corrected chi connectivity index (χ4v) is 2.17. The van der Waals surface area contributed by atoms with Crippen molar-refractivity contribution in [1.29, 1.82) is 0 Å². The summed E-state index contributed by atoms with van der Waals surface area (Å²) in [6.07, 6.45) is 6.80. The normalized spacial score (nSPS) is 10.3. The number of unbranched alkanes of at least 4 members (excludes halogenated alkanes) is 5. The summed E-state index contributed by atoms with van der Waals surface area (Å²) < 4.78 is 10.2. The van der Waals surface area contributed by atoms with Crippen LogP contribution in [0.2, 0.25) is 0 Å². The van der Waals surface area contributed by atoms with Crippen LogP contribution in [0.3, 0.4) is 0 Å². The van der Waals surface area contributed by atoms with Crippen molar-refractivity contribution >= 4 is 11.9 Å². The van der Waals surface area contributed by atoms with E-state index in [0.29, 0.717) is 6.61 Å². The van der Waals surface area contributed by atoms with Gasteiger partial charge in [-0.05, 0) is 25.5 Å². The van der Waals surface area contributed by atoms with Crippen LogP contribution in [0.1, 0.15) is 73.1 Å². The molecule has 22 heavy (non-hydrogen) atoms. The lowest BCUT2D eigenvalue weighted by Gasteiger charge is -2.09. The van der Waals surface area contributed by atoms with Crippen LogP contribution in [-0.4, -0.2) is 25.2 Å². The van der Waals surface area contributed by atoms with E-state index in [-0.39, 0.29) is 17.7 Å². The number of esters is 2. The summed E-state index contributed by atoms with van der Waals surface area (Å²) in [6, 6.07) is 6.59. The van der Waals surface area contributed by atoms with Crippen LogP contribution in [0, 0.1) is 0 Å². The summed E-state index contributed by atoms with van der Waals surface area (Å²) in [7, 11) is 0. The van der Waals surface area contributed by atoms with Gasteiger partial charge in [-0.3, -0.25) is 0 Å². The molecule has 0 unspecified atom stereocenters. The van der Waals surface area contributed by atoms with Crippen molar-refractivity contribution < 1.29 is 19.1 Å². The zero-order chi connectivity index (χ0) is 16.2. The number of benzene rings is 1. The van der Waals surface area contributed by atoms with Crippen molar-refractivity contribution in [3.8, 4) is 0 Å². The van der Waals surface area contributed by atoms with E-state index >= 15 is 0 Å². The Labute approximate surface area is 132 Å². The fourth-order valence-electron chi connectivity index (χ4n) is 2.17. The van der Waals surface area contributed by atoms with E-state index in [9.17, 15) is 9.59 Å². The van der Waals surface area contributed by atoms with Crippen molar-refractivity contribution in [2.45, 2.75) is 52.4 Å². The molecule has 1 aromatic carbocycles. The molecule has 0 saturated heterocycles. The Kier molecular flexibility index (Phi) is 8.96. The van der Waals surface area contributed by atoms with Gasteiger partial charge in [0, 0.05) is 0 Å². The van der Waals surface area contributed by atoms with E-state index < -0.39 is 11.9 Å². The highest BCUT2D eigenvalue weighted by molar-refractivity contribution is 6.03. The molecule has 0 spiro atoms. The van der Waals surface area contributed by atoms with Gasteiger partial charge in [-0.2, -0.15) is 0 Å². The Hall–Kier alpha value is -1.84. The molecule has 1 rings (SSSR count). The van der Waals surface area contributed by atoms with Crippen LogP contribution in [0.5, 0.6) is 0 Å². The predicted octanol–water partition coefficient (Wildman–Crippen LogP) is 4.38. The largest absolute Gasteiger partial charge is 0.462 e. The molecule has 122 valence electrons. The minimum Gasteiger partial charge on any atom is -0.462 e. The number of hydrogen-bond donors (Lipinski definition) is 0. The first kappa shape index (κ1) is 18.2. The van der Waals surface area contributed by atoms with Crippen LogP contribution in [-0.2, 0) is 9.47 Å². The first-order valence-electron chi connectivity index (χ1n) is 8.14. The number of carbonyl (C=O) groups excluding carboxylic acids is 2. The second kappa shape index (κ2) is 10.8. The highest BCUT2D eigenvalue weighted by Crippen LogP contribution is 2.13. The van der Waals surface area contributed by atoms with Crippen molar-refractivity contribution in [1.82, 2.24) is 0 Å². The molecular formula is C18H26O4. The van der Waals surface area contributed by atoms with Gasteiger partial charge in [0.2, 0.25) is 0 Å². The average molecular weight is 306 g/mol. The number of rotatable bonds is 10. The second-order valence-electron chi connectivity index (χ2n) is 5.17. The standard InChI is InChI=1S/C18H26O4/c1-3-5-6-7-8-11-14-22-18(20)16-13-10-9-12-15(16)17(19)21-4-2/h9-10,12-13H,3-8,11,14H2,1-2H3. The molecule has 0 amide bonds. The van der Waals surface area contributed by atoms with Gasteiger partial charge in [-0.15, -0.1) is 0 Å². The third kappa shape index (κ3) is 6.29. The fraction of sp³-hybridized carbons (Fsp3) is 0.556. The first-order chi connectivity index (χ1) is 10.7. The Balaban J connectivity index is 2.44. The Morgan fingerprint density at radius 2 is 1.36 bits per heavy atom. The summed E-state index contributed by atoms with van der Waals surface area (Å²) >= 11 is 0. The SMILES string of the molecule is CCCCCCCCOC(=O)c1ccccc1C(=O)OCC. The Morgan fingerprint density at radius 3 is 1.95 bits per heavy atom. The zero-order valence-electron chi connectivity index (χ0n) is 13.6. The van der Waals surface area contributed by atoms with Crippen molar-refractivity contribution in [2.75, 3.05) is 13.2 Å². The lowest BCUT2D eigenvalue weighted by atomic mass is 10.1. The van der Waals surface area contributed by atoms with Gasteiger partial charge >= 0.3 is 11.9 Å². The van der Waals surface area contributed by atoms with Crippen LogP contribution in [0.4, 0.5) is 0 Å². The van der Waals surface area contributed by atoms with E-state index in [1.807, 2.05) is 0 Å². The minimum absolute atomic E-state index is 0.261. The molecule has 0 aliphatic rings. The number of carbonyl (C=O) groups is 2. The van der Waals surface area contributed by atoms with Crippen LogP contribution >= 0.6 is 0 Å². The summed E-state index contributed by atoms with van der Waals surface area (Å²) in [5.41, 5.74) is 0.532. The van der Waals surface area contributed by atoms with Crippen LogP contribution in [0.25, 0.3) is 0 Å². The van der Waals surface area contributed by atoms with Gasteiger partial charge in [0.25, 0.3) is 0 Å². The van der Waals surface area contributed by atoms with E-state index in [1.165, 1.54) is 25.7 Å². The van der Waals surface area contributed by atoms with Gasteiger partial charge in [0.1, 0.15) is 0 Å². The molecule has 0 aromatic heterocycles. The molecule has 0 aliphatic carbocycles. The third-order valence-corrected chi connectivity index (χ3v) is 3.37. The first-order valence-corrected chi connectivity index (χ1v) is 8.14. The summed E-state index contributed by atoms with van der Waals surface area (Å²) in [5, 5.41) is 0. The minimum atomic E-state index is -0.491. The van der Waals surface area contributed by atoms with E-state index in [2.05, 4.69) is 6.92 Å². The summed E-state index contributed by atoms with van der Waals surface area (Å²) in [6.45, 7) is 4.59. The Morgan fingerprint density at radius 1 is 0.818 bits per heavy atom. The predicted molar refractivity (Wildman–Crippen MR) is 86.1 cm³/mol. The van der Waals surface area contributed by atoms with Gasteiger partial charge in [0.15, 0.2) is 0 Å². The molecule has 1 aromatic rings. The lowest BCUT2D eigenvalue weighted by molar-refractivity contribution is 0.0462. The molecule has 0 atom stereocenters. The molecule has 0 radical (unpaired) electrons. The highest BCUT2D eigenvalue weighted by atomic mass is 16.5. The van der Waals surface area contributed by atoms with Crippen molar-refractivity contribution in [3.63, 3.8) is 0 Å². The van der Waals surface area contributed by atoms with Gasteiger partial charge < -0.3 is 9.47 Å². The maximum Gasteiger partial charge on any atom is 0.339 e. The smallest absolute Gasteiger partial charge is 0.339 e. The van der Waals surface area contributed by atoms with E-state index in [0.717, 1.165) is 12.8 Å². The monoisotopic (exact) mass is 306 g/mol.